The fourth-order valence-electron chi connectivity index (χ4n) is 1.68. The van der Waals surface area contributed by atoms with Gasteiger partial charge in [-0.2, -0.15) is 0 Å². The van der Waals surface area contributed by atoms with Crippen LogP contribution in [0, 0.1) is 0 Å². The van der Waals surface area contributed by atoms with E-state index in [2.05, 4.69) is 10.1 Å². The molecule has 1 saturated heterocycles. The largest absolute Gasteiger partial charge is 0.468 e. The highest BCUT2D eigenvalue weighted by Gasteiger charge is 2.47. The van der Waals surface area contributed by atoms with Crippen LogP contribution in [0.3, 0.4) is 0 Å². The molecular formula is C9H16N2O4. The van der Waals surface area contributed by atoms with Crippen molar-refractivity contribution in [3.63, 3.8) is 0 Å². The lowest BCUT2D eigenvalue weighted by molar-refractivity contribution is -0.162. The Morgan fingerprint density at radius 2 is 2.20 bits per heavy atom. The number of nitrogens with one attached hydrogen (secondary N) is 1. The van der Waals surface area contributed by atoms with Gasteiger partial charge in [-0.25, -0.2) is 0 Å². The summed E-state index contributed by atoms with van der Waals surface area (Å²) in [5.74, 6) is -0.510. The molecule has 86 valence electrons. The van der Waals surface area contributed by atoms with Crippen LogP contribution in [0.4, 0.5) is 0 Å². The lowest BCUT2D eigenvalue weighted by Gasteiger charge is -2.45. The molecule has 2 atom stereocenters. The minimum Gasteiger partial charge on any atom is -0.468 e. The maximum Gasteiger partial charge on any atom is 0.325 e. The minimum absolute atomic E-state index is 0.0124. The first kappa shape index (κ1) is 11.9. The number of hydrogen-bond donors (Lipinski definition) is 1. The molecule has 1 fully saturated rings. The van der Waals surface area contributed by atoms with Gasteiger partial charge in [0.15, 0.2) is 0 Å². The molecule has 1 amide bonds. The number of carbonyl (C=O) groups is 2. The van der Waals surface area contributed by atoms with Crippen molar-refractivity contribution in [2.45, 2.75) is 12.1 Å². The number of amides is 1. The number of hydrogen-bond acceptors (Lipinski definition) is 5. The van der Waals surface area contributed by atoms with Gasteiger partial charge in [-0.3, -0.25) is 9.59 Å². The van der Waals surface area contributed by atoms with Crippen molar-refractivity contribution in [1.29, 1.82) is 0 Å². The van der Waals surface area contributed by atoms with Gasteiger partial charge in [0, 0.05) is 7.11 Å². The Morgan fingerprint density at radius 1 is 1.53 bits per heavy atom. The number of methoxy groups -OCH3 is 2. The lowest BCUT2D eigenvalue weighted by Crippen LogP contribution is -2.71. The molecule has 0 aromatic heterocycles. The third-order valence-corrected chi connectivity index (χ3v) is 2.51. The molecule has 1 rings (SSSR count). The van der Waals surface area contributed by atoms with E-state index in [0.717, 1.165) is 0 Å². The Balaban J connectivity index is 2.56. The summed E-state index contributed by atoms with van der Waals surface area (Å²) in [6.07, 6.45) is 0. The van der Waals surface area contributed by atoms with Crippen molar-refractivity contribution in [3.05, 3.63) is 0 Å². The van der Waals surface area contributed by atoms with Crippen molar-refractivity contribution in [2.75, 3.05) is 34.4 Å². The topological polar surface area (TPSA) is 67.9 Å². The van der Waals surface area contributed by atoms with E-state index < -0.39 is 5.97 Å². The molecule has 1 aliphatic rings. The summed E-state index contributed by atoms with van der Waals surface area (Å²) >= 11 is 0. The van der Waals surface area contributed by atoms with E-state index >= 15 is 0 Å². The maximum absolute atomic E-state index is 11.5. The zero-order valence-electron chi connectivity index (χ0n) is 9.15. The number of rotatable bonds is 5. The summed E-state index contributed by atoms with van der Waals surface area (Å²) in [4.78, 5) is 24.0. The summed E-state index contributed by atoms with van der Waals surface area (Å²) < 4.78 is 9.49. The van der Waals surface area contributed by atoms with E-state index in [1.807, 2.05) is 0 Å². The Hall–Kier alpha value is -1.14. The lowest BCUT2D eigenvalue weighted by atomic mass is 9.96. The summed E-state index contributed by atoms with van der Waals surface area (Å²) in [6.45, 7) is 0.399. The Kier molecular flexibility index (Phi) is 4.05. The zero-order chi connectivity index (χ0) is 11.4. The van der Waals surface area contributed by atoms with Gasteiger partial charge in [-0.05, 0) is 7.05 Å². The Morgan fingerprint density at radius 3 is 2.67 bits per heavy atom. The van der Waals surface area contributed by atoms with Crippen LogP contribution in [-0.2, 0) is 19.1 Å². The first-order valence-corrected chi connectivity index (χ1v) is 4.69. The number of β-lactam (4-membered cyclic amide) rings is 1. The monoisotopic (exact) mass is 216 g/mol. The molecule has 2 unspecified atom stereocenters. The average molecular weight is 216 g/mol. The third-order valence-electron chi connectivity index (χ3n) is 2.51. The summed E-state index contributed by atoms with van der Waals surface area (Å²) in [6, 6.07) is -0.346. The second-order valence-electron chi connectivity index (χ2n) is 3.33. The van der Waals surface area contributed by atoms with Gasteiger partial charge in [0.1, 0.15) is 12.6 Å². The second-order valence-corrected chi connectivity index (χ2v) is 3.33. The third kappa shape index (κ3) is 2.27. The number of nitrogens with zero attached hydrogens (tertiary/aromatic N) is 1. The van der Waals surface area contributed by atoms with E-state index in [1.165, 1.54) is 12.0 Å². The predicted molar refractivity (Wildman–Crippen MR) is 52.2 cm³/mol. The minimum atomic E-state index is -0.418. The molecule has 0 bridgehead atoms. The first-order valence-electron chi connectivity index (χ1n) is 4.69. The highest BCUT2D eigenvalue weighted by atomic mass is 16.5. The van der Waals surface area contributed by atoms with Gasteiger partial charge in [0.2, 0.25) is 5.91 Å². The number of carbonyl (C=O) groups excluding carboxylic acids is 2. The molecule has 0 aliphatic carbocycles. The molecule has 6 nitrogen and oxygen atoms in total. The smallest absolute Gasteiger partial charge is 0.325 e. The quantitative estimate of drug-likeness (QED) is 0.452. The SMILES string of the molecule is CNC1C(=O)N(CC(=O)OC)C1COC. The van der Waals surface area contributed by atoms with Crippen LogP contribution in [0.25, 0.3) is 0 Å². The summed E-state index contributed by atoms with van der Waals surface area (Å²) in [5.41, 5.74) is 0. The van der Waals surface area contributed by atoms with Crippen molar-refractivity contribution < 1.29 is 19.1 Å². The molecule has 0 saturated carbocycles. The zero-order valence-corrected chi connectivity index (χ0v) is 9.15. The van der Waals surface area contributed by atoms with Crippen LogP contribution in [0.1, 0.15) is 0 Å². The van der Waals surface area contributed by atoms with E-state index in [1.54, 1.807) is 14.2 Å². The van der Waals surface area contributed by atoms with E-state index in [4.69, 9.17) is 4.74 Å². The normalized spacial score (nSPS) is 25.0. The van der Waals surface area contributed by atoms with Crippen LogP contribution in [-0.4, -0.2) is 63.3 Å². The number of esters is 1. The molecule has 1 N–H and O–H groups in total. The number of likely N-dealkylation sites (N-methyl/N-ethyl adjacent to an activating group) is 1. The molecular weight excluding hydrogens is 200 g/mol. The van der Waals surface area contributed by atoms with Gasteiger partial charge in [0.05, 0.1) is 19.8 Å². The van der Waals surface area contributed by atoms with E-state index in [0.29, 0.717) is 6.61 Å². The molecule has 6 heteroatoms. The fraction of sp³-hybridized carbons (Fsp3) is 0.778. The molecule has 0 radical (unpaired) electrons. The predicted octanol–water partition coefficient (Wildman–Crippen LogP) is -1.40. The van der Waals surface area contributed by atoms with Crippen molar-refractivity contribution >= 4 is 11.9 Å². The Labute approximate surface area is 88.5 Å². The van der Waals surface area contributed by atoms with Crippen LogP contribution in [0.2, 0.25) is 0 Å². The van der Waals surface area contributed by atoms with Crippen LogP contribution in [0.5, 0.6) is 0 Å². The summed E-state index contributed by atoms with van der Waals surface area (Å²) in [7, 11) is 4.57. The molecule has 0 aromatic rings. The molecule has 0 spiro atoms. The summed E-state index contributed by atoms with van der Waals surface area (Å²) in [5, 5.41) is 2.88. The van der Waals surface area contributed by atoms with Crippen molar-refractivity contribution in [2.24, 2.45) is 0 Å². The standard InChI is InChI=1S/C9H16N2O4/c1-10-8-6(5-14-2)11(9(8)13)4-7(12)15-3/h6,8,10H,4-5H2,1-3H3. The maximum atomic E-state index is 11.5. The van der Waals surface area contributed by atoms with E-state index in [9.17, 15) is 9.59 Å². The van der Waals surface area contributed by atoms with Crippen LogP contribution < -0.4 is 5.32 Å². The van der Waals surface area contributed by atoms with Gasteiger partial charge >= 0.3 is 5.97 Å². The number of ether oxygens (including phenoxy) is 2. The van der Waals surface area contributed by atoms with Crippen molar-refractivity contribution in [3.8, 4) is 0 Å². The van der Waals surface area contributed by atoms with Crippen molar-refractivity contribution in [1.82, 2.24) is 10.2 Å². The van der Waals surface area contributed by atoms with E-state index in [-0.39, 0.29) is 24.5 Å². The van der Waals surface area contributed by atoms with Gasteiger partial charge < -0.3 is 19.7 Å². The molecule has 1 aliphatic heterocycles. The van der Waals surface area contributed by atoms with Crippen LogP contribution >= 0.6 is 0 Å². The Bertz CT molecular complexity index is 256. The first-order chi connectivity index (χ1) is 7.15. The van der Waals surface area contributed by atoms with Crippen LogP contribution in [0.15, 0.2) is 0 Å². The average Bonchev–Trinajstić information content (AvgIpc) is 2.25. The number of likely N-dealkylation sites (tertiary alicyclic amines) is 1. The fourth-order valence-corrected chi connectivity index (χ4v) is 1.68. The van der Waals surface area contributed by atoms with Gasteiger partial charge in [-0.1, -0.05) is 0 Å². The van der Waals surface area contributed by atoms with Gasteiger partial charge in [0.25, 0.3) is 0 Å². The molecule has 15 heavy (non-hydrogen) atoms. The highest BCUT2D eigenvalue weighted by molar-refractivity contribution is 5.92. The molecule has 0 aromatic carbocycles. The van der Waals surface area contributed by atoms with Gasteiger partial charge in [-0.15, -0.1) is 0 Å². The molecule has 1 heterocycles. The highest BCUT2D eigenvalue weighted by Crippen LogP contribution is 2.19. The second kappa shape index (κ2) is 5.09.